The zero-order valence-electron chi connectivity index (χ0n) is 6.82. The lowest BCUT2D eigenvalue weighted by Gasteiger charge is -2.02. The van der Waals surface area contributed by atoms with Crippen LogP contribution in [0.25, 0.3) is 0 Å². The third kappa shape index (κ3) is 5.89. The number of nitrogens with one attached hydrogen (secondary N) is 1. The lowest BCUT2D eigenvalue weighted by molar-refractivity contribution is 0.747. The van der Waals surface area contributed by atoms with E-state index in [0.29, 0.717) is 0 Å². The van der Waals surface area contributed by atoms with Gasteiger partial charge in [0.15, 0.2) is 0 Å². The van der Waals surface area contributed by atoms with Crippen LogP contribution in [0.4, 0.5) is 0 Å². The molecule has 56 valence electrons. The summed E-state index contributed by atoms with van der Waals surface area (Å²) < 4.78 is 0. The van der Waals surface area contributed by atoms with Crippen LogP contribution in [-0.4, -0.2) is 21.4 Å². The molecular formula is C8H16BN. The average Bonchev–Trinajstić information content (AvgIpc) is 1.89. The predicted molar refractivity (Wildman–Crippen MR) is 47.5 cm³/mol. The molecule has 0 unspecified atom stereocenters. The minimum Gasteiger partial charge on any atom is -0.316 e. The third-order valence-corrected chi connectivity index (χ3v) is 1.41. The number of rotatable bonds is 6. The van der Waals surface area contributed by atoms with Crippen LogP contribution in [0.5, 0.6) is 0 Å². The van der Waals surface area contributed by atoms with Crippen molar-refractivity contribution in [3.63, 3.8) is 0 Å². The largest absolute Gasteiger partial charge is 0.316 e. The second kappa shape index (κ2) is 6.88. The molecule has 1 nitrogen and oxygen atoms in total. The van der Waals surface area contributed by atoms with Crippen molar-refractivity contribution in [3.05, 3.63) is 12.2 Å². The second-order valence-electron chi connectivity index (χ2n) is 2.53. The van der Waals surface area contributed by atoms with Gasteiger partial charge in [-0.2, -0.15) is 0 Å². The number of likely N-dealkylation sites (N-methyl/N-ethyl adjacent to an activating group) is 1. The van der Waals surface area contributed by atoms with E-state index in [0.717, 1.165) is 25.7 Å². The first-order valence-corrected chi connectivity index (χ1v) is 3.82. The fourth-order valence-electron chi connectivity index (χ4n) is 0.858. The van der Waals surface area contributed by atoms with E-state index < -0.39 is 0 Å². The minimum atomic E-state index is 0.798. The Kier molecular flexibility index (Phi) is 6.72. The molecule has 2 heteroatoms. The van der Waals surface area contributed by atoms with Crippen LogP contribution in [0.2, 0.25) is 6.32 Å². The molecule has 0 aliphatic heterocycles. The van der Waals surface area contributed by atoms with Gasteiger partial charge >= 0.3 is 0 Å². The summed E-state index contributed by atoms with van der Waals surface area (Å²) in [7, 11) is 7.28. The Morgan fingerprint density at radius 2 is 2.20 bits per heavy atom. The van der Waals surface area contributed by atoms with Gasteiger partial charge in [-0.25, -0.2) is 0 Å². The van der Waals surface area contributed by atoms with E-state index >= 15 is 0 Å². The summed E-state index contributed by atoms with van der Waals surface area (Å²) in [5.41, 5.74) is 1.27. The highest BCUT2D eigenvalue weighted by Gasteiger charge is 1.90. The van der Waals surface area contributed by atoms with Gasteiger partial charge in [0.1, 0.15) is 0 Å². The summed E-state index contributed by atoms with van der Waals surface area (Å²) in [4.78, 5) is 0. The molecule has 0 atom stereocenters. The van der Waals surface area contributed by atoms with Crippen LogP contribution >= 0.6 is 0 Å². The molecule has 0 rings (SSSR count). The highest BCUT2D eigenvalue weighted by molar-refractivity contribution is 6.08. The highest BCUT2D eigenvalue weighted by Crippen LogP contribution is 2.04. The van der Waals surface area contributed by atoms with Gasteiger partial charge < -0.3 is 5.32 Å². The standard InChI is InChI=1S/C8H16BN/c1-8(7-10-2)5-3-4-6-9/h10H,1,3-7H2,2H3. The van der Waals surface area contributed by atoms with Gasteiger partial charge in [0.25, 0.3) is 0 Å². The normalized spacial score (nSPS) is 9.70. The first-order chi connectivity index (χ1) is 4.81. The summed E-state index contributed by atoms with van der Waals surface area (Å²) in [6, 6.07) is 0. The van der Waals surface area contributed by atoms with E-state index in [-0.39, 0.29) is 0 Å². The smallest absolute Gasteiger partial charge is 0.0653 e. The van der Waals surface area contributed by atoms with Crippen LogP contribution in [0.15, 0.2) is 12.2 Å². The Morgan fingerprint density at radius 3 is 2.70 bits per heavy atom. The van der Waals surface area contributed by atoms with Crippen molar-refractivity contribution in [2.75, 3.05) is 13.6 Å². The van der Waals surface area contributed by atoms with Gasteiger partial charge in [-0.05, 0) is 13.5 Å². The van der Waals surface area contributed by atoms with Crippen LogP contribution in [-0.2, 0) is 0 Å². The molecule has 0 amide bonds. The lowest BCUT2D eigenvalue weighted by atomic mass is 9.98. The molecule has 0 saturated heterocycles. The van der Waals surface area contributed by atoms with Crippen molar-refractivity contribution >= 4 is 7.85 Å². The highest BCUT2D eigenvalue weighted by atomic mass is 14.8. The van der Waals surface area contributed by atoms with Crippen LogP contribution in [0, 0.1) is 0 Å². The van der Waals surface area contributed by atoms with Crippen molar-refractivity contribution in [1.29, 1.82) is 0 Å². The van der Waals surface area contributed by atoms with E-state index in [4.69, 9.17) is 7.85 Å². The molecule has 0 bridgehead atoms. The van der Waals surface area contributed by atoms with Gasteiger partial charge in [-0.3, -0.25) is 0 Å². The molecular weight excluding hydrogens is 121 g/mol. The van der Waals surface area contributed by atoms with Crippen molar-refractivity contribution in [1.82, 2.24) is 5.32 Å². The quantitative estimate of drug-likeness (QED) is 0.332. The molecule has 1 N–H and O–H groups in total. The molecule has 0 aliphatic carbocycles. The Bertz CT molecular complexity index is 91.3. The molecule has 0 aliphatic rings. The predicted octanol–water partition coefficient (Wildman–Crippen LogP) is 1.52. The Morgan fingerprint density at radius 1 is 1.50 bits per heavy atom. The van der Waals surface area contributed by atoms with Crippen molar-refractivity contribution < 1.29 is 0 Å². The number of unbranched alkanes of at least 4 members (excludes halogenated alkanes) is 1. The second-order valence-corrected chi connectivity index (χ2v) is 2.53. The summed E-state index contributed by atoms with van der Waals surface area (Å²) in [6.07, 6.45) is 4.20. The van der Waals surface area contributed by atoms with Gasteiger partial charge in [0.2, 0.25) is 0 Å². The van der Waals surface area contributed by atoms with E-state index in [9.17, 15) is 0 Å². The molecule has 2 radical (unpaired) electrons. The van der Waals surface area contributed by atoms with E-state index in [1.165, 1.54) is 12.0 Å². The molecule has 0 aromatic heterocycles. The zero-order valence-corrected chi connectivity index (χ0v) is 6.82. The van der Waals surface area contributed by atoms with E-state index in [1.807, 2.05) is 7.05 Å². The number of hydrogen-bond acceptors (Lipinski definition) is 1. The first-order valence-electron chi connectivity index (χ1n) is 3.82. The third-order valence-electron chi connectivity index (χ3n) is 1.41. The molecule has 0 fully saturated rings. The fourth-order valence-corrected chi connectivity index (χ4v) is 0.858. The topological polar surface area (TPSA) is 12.0 Å². The molecule has 0 aromatic rings. The van der Waals surface area contributed by atoms with Gasteiger partial charge in [0.05, 0.1) is 7.85 Å². The summed E-state index contributed by atoms with van der Waals surface area (Å²) in [5.74, 6) is 0. The van der Waals surface area contributed by atoms with Crippen LogP contribution < -0.4 is 5.32 Å². The Labute approximate surface area is 65.3 Å². The Balaban J connectivity index is 3.05. The molecule has 0 spiro atoms. The van der Waals surface area contributed by atoms with Crippen molar-refractivity contribution in [2.24, 2.45) is 0 Å². The SMILES string of the molecule is [B]CCCCC(=C)CNC. The van der Waals surface area contributed by atoms with Gasteiger partial charge in [-0.1, -0.05) is 31.3 Å². The zero-order chi connectivity index (χ0) is 7.82. The maximum absolute atomic E-state index is 5.34. The van der Waals surface area contributed by atoms with Crippen LogP contribution in [0.1, 0.15) is 19.3 Å². The average molecular weight is 137 g/mol. The summed E-state index contributed by atoms with van der Waals surface area (Å²) in [6.45, 7) is 4.85. The Hall–Kier alpha value is -0.235. The van der Waals surface area contributed by atoms with Gasteiger partial charge in [0, 0.05) is 6.54 Å². The summed E-state index contributed by atoms with van der Waals surface area (Å²) >= 11 is 0. The number of hydrogen-bond donors (Lipinski definition) is 1. The minimum absolute atomic E-state index is 0.798. The molecule has 0 saturated carbocycles. The monoisotopic (exact) mass is 137 g/mol. The van der Waals surface area contributed by atoms with E-state index in [2.05, 4.69) is 11.9 Å². The first kappa shape index (κ1) is 9.76. The maximum atomic E-state index is 5.34. The lowest BCUT2D eigenvalue weighted by Crippen LogP contribution is -2.09. The fraction of sp³-hybridized carbons (Fsp3) is 0.750. The van der Waals surface area contributed by atoms with Gasteiger partial charge in [-0.15, -0.1) is 0 Å². The molecule has 10 heavy (non-hydrogen) atoms. The molecule has 0 heterocycles. The summed E-state index contributed by atoms with van der Waals surface area (Å²) in [5, 5.41) is 3.06. The van der Waals surface area contributed by atoms with E-state index in [1.54, 1.807) is 0 Å². The van der Waals surface area contributed by atoms with Crippen LogP contribution in [0.3, 0.4) is 0 Å². The maximum Gasteiger partial charge on any atom is 0.0653 e. The van der Waals surface area contributed by atoms with Crippen molar-refractivity contribution in [2.45, 2.75) is 25.6 Å². The molecule has 0 aromatic carbocycles. The van der Waals surface area contributed by atoms with Crippen molar-refractivity contribution in [3.8, 4) is 0 Å².